The van der Waals surface area contributed by atoms with Gasteiger partial charge in [-0.25, -0.2) is 4.39 Å². The number of likely N-dealkylation sites (N-methyl/N-ethyl adjacent to an activating group) is 1. The monoisotopic (exact) mass is 322 g/mol. The van der Waals surface area contributed by atoms with Crippen molar-refractivity contribution < 1.29 is 4.39 Å². The van der Waals surface area contributed by atoms with Crippen molar-refractivity contribution in [1.82, 2.24) is 10.3 Å². The Kier molecular flexibility index (Phi) is 5.05. The summed E-state index contributed by atoms with van der Waals surface area (Å²) in [5, 5.41) is 3.41. The largest absolute Gasteiger partial charge is 0.310 e. The van der Waals surface area contributed by atoms with E-state index in [4.69, 9.17) is 0 Å². The summed E-state index contributed by atoms with van der Waals surface area (Å²) in [6.45, 7) is 2.92. The number of rotatable bonds is 5. The molecule has 19 heavy (non-hydrogen) atoms. The van der Waals surface area contributed by atoms with E-state index < -0.39 is 0 Å². The zero-order chi connectivity index (χ0) is 13.7. The van der Waals surface area contributed by atoms with Crippen LogP contribution in [0.25, 0.3) is 0 Å². The average Bonchev–Trinajstić information content (AvgIpc) is 2.38. The number of hydrogen-bond acceptors (Lipinski definition) is 2. The van der Waals surface area contributed by atoms with Crippen molar-refractivity contribution in [3.63, 3.8) is 0 Å². The molecule has 0 bridgehead atoms. The number of pyridine rings is 1. The Labute approximate surface area is 121 Å². The zero-order valence-electron chi connectivity index (χ0n) is 10.7. The van der Waals surface area contributed by atoms with E-state index in [-0.39, 0.29) is 11.9 Å². The van der Waals surface area contributed by atoms with Gasteiger partial charge in [-0.05, 0) is 48.4 Å². The summed E-state index contributed by atoms with van der Waals surface area (Å²) < 4.78 is 14.2. The standard InChI is InChI=1S/C15H16BrFN2/c1-2-19-15(12-4-3-5-18-10-12)8-11-6-13(16)9-14(17)7-11/h3-7,9-10,15,19H,2,8H2,1H3. The van der Waals surface area contributed by atoms with Crippen molar-refractivity contribution in [2.24, 2.45) is 0 Å². The van der Waals surface area contributed by atoms with Gasteiger partial charge in [0.15, 0.2) is 0 Å². The van der Waals surface area contributed by atoms with Crippen LogP contribution in [0.1, 0.15) is 24.1 Å². The number of aromatic nitrogens is 1. The quantitative estimate of drug-likeness (QED) is 0.903. The molecule has 4 heteroatoms. The van der Waals surface area contributed by atoms with Crippen molar-refractivity contribution in [2.45, 2.75) is 19.4 Å². The molecular weight excluding hydrogens is 307 g/mol. The van der Waals surface area contributed by atoms with Gasteiger partial charge in [0, 0.05) is 22.9 Å². The lowest BCUT2D eigenvalue weighted by atomic mass is 10.00. The van der Waals surface area contributed by atoms with E-state index >= 15 is 0 Å². The number of nitrogens with one attached hydrogen (secondary N) is 1. The van der Waals surface area contributed by atoms with Gasteiger partial charge in [-0.1, -0.05) is 28.9 Å². The molecule has 2 rings (SSSR count). The first-order valence-electron chi connectivity index (χ1n) is 6.27. The van der Waals surface area contributed by atoms with E-state index in [2.05, 4.69) is 33.2 Å². The molecule has 100 valence electrons. The lowest BCUT2D eigenvalue weighted by molar-refractivity contribution is 0.545. The molecule has 1 heterocycles. The first-order valence-corrected chi connectivity index (χ1v) is 7.06. The Morgan fingerprint density at radius 2 is 2.21 bits per heavy atom. The minimum absolute atomic E-state index is 0.146. The summed E-state index contributed by atoms with van der Waals surface area (Å²) in [7, 11) is 0. The minimum atomic E-state index is -0.217. The first kappa shape index (κ1) is 14.2. The number of halogens is 2. The Bertz CT molecular complexity index is 511. The van der Waals surface area contributed by atoms with Crippen LogP contribution in [0.3, 0.4) is 0 Å². The fraction of sp³-hybridized carbons (Fsp3) is 0.267. The first-order chi connectivity index (χ1) is 9.19. The Morgan fingerprint density at radius 3 is 2.84 bits per heavy atom. The highest BCUT2D eigenvalue weighted by molar-refractivity contribution is 9.10. The zero-order valence-corrected chi connectivity index (χ0v) is 12.3. The molecule has 2 aromatic rings. The van der Waals surface area contributed by atoms with Crippen molar-refractivity contribution in [3.8, 4) is 0 Å². The summed E-state index contributed by atoms with van der Waals surface area (Å²) >= 11 is 3.33. The van der Waals surface area contributed by atoms with Crippen LogP contribution >= 0.6 is 15.9 Å². The highest BCUT2D eigenvalue weighted by Crippen LogP contribution is 2.21. The summed E-state index contributed by atoms with van der Waals surface area (Å²) in [6, 6.07) is 9.09. The lowest BCUT2D eigenvalue weighted by Gasteiger charge is -2.18. The van der Waals surface area contributed by atoms with Crippen LogP contribution in [0.15, 0.2) is 47.2 Å². The van der Waals surface area contributed by atoms with E-state index in [1.165, 1.54) is 6.07 Å². The van der Waals surface area contributed by atoms with Gasteiger partial charge < -0.3 is 5.32 Å². The molecule has 0 fully saturated rings. The van der Waals surface area contributed by atoms with Crippen LogP contribution < -0.4 is 5.32 Å². The van der Waals surface area contributed by atoms with Crippen molar-refractivity contribution >= 4 is 15.9 Å². The normalized spacial score (nSPS) is 12.4. The molecule has 2 nitrogen and oxygen atoms in total. The molecule has 1 atom stereocenters. The van der Waals surface area contributed by atoms with E-state index in [1.807, 2.05) is 24.4 Å². The Balaban J connectivity index is 2.21. The second-order valence-corrected chi connectivity index (χ2v) is 5.29. The highest BCUT2D eigenvalue weighted by Gasteiger charge is 2.12. The van der Waals surface area contributed by atoms with Crippen LogP contribution in [-0.4, -0.2) is 11.5 Å². The summed E-state index contributed by atoms with van der Waals surface area (Å²) in [5.74, 6) is -0.217. The minimum Gasteiger partial charge on any atom is -0.310 e. The third kappa shape index (κ3) is 4.11. The van der Waals surface area contributed by atoms with E-state index in [1.54, 1.807) is 12.3 Å². The van der Waals surface area contributed by atoms with E-state index in [9.17, 15) is 4.39 Å². The summed E-state index contributed by atoms with van der Waals surface area (Å²) in [5.41, 5.74) is 2.08. The smallest absolute Gasteiger partial charge is 0.124 e. The van der Waals surface area contributed by atoms with Gasteiger partial charge in [0.2, 0.25) is 0 Å². The van der Waals surface area contributed by atoms with Gasteiger partial charge in [0.25, 0.3) is 0 Å². The van der Waals surface area contributed by atoms with Crippen LogP contribution in [0.2, 0.25) is 0 Å². The molecule has 0 aliphatic carbocycles. The number of benzene rings is 1. The predicted octanol–water partition coefficient (Wildman–Crippen LogP) is 3.88. The van der Waals surface area contributed by atoms with Crippen molar-refractivity contribution in [2.75, 3.05) is 6.54 Å². The van der Waals surface area contributed by atoms with Gasteiger partial charge in [-0.15, -0.1) is 0 Å². The molecule has 1 unspecified atom stereocenters. The molecule has 0 saturated heterocycles. The van der Waals surface area contributed by atoms with Crippen LogP contribution in [-0.2, 0) is 6.42 Å². The topological polar surface area (TPSA) is 24.9 Å². The van der Waals surface area contributed by atoms with Gasteiger partial charge in [-0.2, -0.15) is 0 Å². The molecule has 0 aliphatic heterocycles. The third-order valence-corrected chi connectivity index (χ3v) is 3.36. The molecule has 1 aromatic heterocycles. The predicted molar refractivity (Wildman–Crippen MR) is 78.5 cm³/mol. The highest BCUT2D eigenvalue weighted by atomic mass is 79.9. The van der Waals surface area contributed by atoms with Gasteiger partial charge in [-0.3, -0.25) is 4.98 Å². The summed E-state index contributed by atoms with van der Waals surface area (Å²) in [6.07, 6.45) is 4.34. The van der Waals surface area contributed by atoms with E-state index in [0.29, 0.717) is 0 Å². The molecule has 1 N–H and O–H groups in total. The SMILES string of the molecule is CCNC(Cc1cc(F)cc(Br)c1)c1cccnc1. The lowest BCUT2D eigenvalue weighted by Crippen LogP contribution is -2.23. The van der Waals surface area contributed by atoms with E-state index in [0.717, 1.165) is 28.6 Å². The molecule has 0 saturated carbocycles. The third-order valence-electron chi connectivity index (χ3n) is 2.90. The number of nitrogens with zero attached hydrogens (tertiary/aromatic N) is 1. The van der Waals surface area contributed by atoms with Gasteiger partial charge in [0.05, 0.1) is 0 Å². The van der Waals surface area contributed by atoms with Crippen LogP contribution in [0, 0.1) is 5.82 Å². The second kappa shape index (κ2) is 6.78. The maximum atomic E-state index is 13.4. The molecule has 1 aromatic carbocycles. The molecule has 0 aliphatic rings. The molecule has 0 spiro atoms. The molecule has 0 radical (unpaired) electrons. The summed E-state index contributed by atoms with van der Waals surface area (Å²) in [4.78, 5) is 4.14. The van der Waals surface area contributed by atoms with Crippen LogP contribution in [0.5, 0.6) is 0 Å². The fourth-order valence-electron chi connectivity index (χ4n) is 2.10. The molecular formula is C15H16BrFN2. The Hall–Kier alpha value is -1.26. The maximum absolute atomic E-state index is 13.4. The fourth-order valence-corrected chi connectivity index (χ4v) is 2.61. The van der Waals surface area contributed by atoms with Gasteiger partial charge in [0.1, 0.15) is 5.82 Å². The average molecular weight is 323 g/mol. The van der Waals surface area contributed by atoms with Crippen molar-refractivity contribution in [3.05, 3.63) is 64.1 Å². The van der Waals surface area contributed by atoms with Crippen LogP contribution in [0.4, 0.5) is 4.39 Å². The van der Waals surface area contributed by atoms with Gasteiger partial charge >= 0.3 is 0 Å². The second-order valence-electron chi connectivity index (χ2n) is 4.38. The molecule has 0 amide bonds. The number of hydrogen-bond donors (Lipinski definition) is 1. The Morgan fingerprint density at radius 1 is 1.37 bits per heavy atom. The maximum Gasteiger partial charge on any atom is 0.124 e. The van der Waals surface area contributed by atoms with Crippen molar-refractivity contribution in [1.29, 1.82) is 0 Å².